The Hall–Kier alpha value is -1.72. The van der Waals surface area contributed by atoms with E-state index in [0.717, 1.165) is 37.1 Å². The Labute approximate surface area is 119 Å². The molecule has 0 amide bonds. The van der Waals surface area contributed by atoms with Gasteiger partial charge < -0.3 is 10.0 Å². The quantitative estimate of drug-likeness (QED) is 0.908. The average molecular weight is 278 g/mol. The number of hydrogen-bond donors (Lipinski definition) is 1. The number of carboxylic acid groups (broad SMARTS) is 1. The molecule has 0 unspecified atom stereocenters. The van der Waals surface area contributed by atoms with Crippen molar-refractivity contribution in [2.45, 2.75) is 57.9 Å². The van der Waals surface area contributed by atoms with Crippen LogP contribution >= 0.6 is 0 Å². The lowest BCUT2D eigenvalue weighted by Crippen LogP contribution is -2.50. The number of rotatable bonds is 4. The summed E-state index contributed by atoms with van der Waals surface area (Å²) in [5.74, 6) is -0.244. The highest BCUT2D eigenvalue weighted by molar-refractivity contribution is 5.69. The summed E-state index contributed by atoms with van der Waals surface area (Å²) in [4.78, 5) is 17.6. The SMILES string of the molecule is Cc1nnc(N(C)C2(CC(=O)O)CCCCC2)nc1C. The first-order valence-electron chi connectivity index (χ1n) is 7.08. The number of aryl methyl sites for hydroxylation is 2. The largest absolute Gasteiger partial charge is 0.481 e. The minimum absolute atomic E-state index is 0.125. The topological polar surface area (TPSA) is 79.2 Å². The van der Waals surface area contributed by atoms with Crippen molar-refractivity contribution < 1.29 is 9.90 Å². The van der Waals surface area contributed by atoms with Crippen LogP contribution in [0.1, 0.15) is 49.9 Å². The van der Waals surface area contributed by atoms with Crippen molar-refractivity contribution in [2.24, 2.45) is 0 Å². The average Bonchev–Trinajstić information content (AvgIpc) is 2.41. The van der Waals surface area contributed by atoms with Gasteiger partial charge in [0.15, 0.2) is 0 Å². The third kappa shape index (κ3) is 2.89. The van der Waals surface area contributed by atoms with E-state index in [1.54, 1.807) is 0 Å². The van der Waals surface area contributed by atoms with Gasteiger partial charge in [0, 0.05) is 7.05 Å². The highest BCUT2D eigenvalue weighted by atomic mass is 16.4. The van der Waals surface area contributed by atoms with Crippen LogP contribution in [0.15, 0.2) is 0 Å². The first kappa shape index (κ1) is 14.7. The minimum Gasteiger partial charge on any atom is -0.481 e. The number of carbonyl (C=O) groups is 1. The third-order valence-electron chi connectivity index (χ3n) is 4.36. The number of aromatic nitrogens is 3. The van der Waals surface area contributed by atoms with Gasteiger partial charge in [-0.1, -0.05) is 19.3 Å². The maximum absolute atomic E-state index is 11.2. The van der Waals surface area contributed by atoms with Gasteiger partial charge in [0.1, 0.15) is 0 Å². The van der Waals surface area contributed by atoms with E-state index in [1.165, 1.54) is 6.42 Å². The summed E-state index contributed by atoms with van der Waals surface area (Å²) < 4.78 is 0. The molecule has 0 saturated heterocycles. The van der Waals surface area contributed by atoms with Crippen LogP contribution in [0.4, 0.5) is 5.95 Å². The molecule has 0 aliphatic heterocycles. The molecule has 1 aliphatic rings. The molecule has 0 radical (unpaired) electrons. The lowest BCUT2D eigenvalue weighted by atomic mass is 9.78. The van der Waals surface area contributed by atoms with E-state index in [2.05, 4.69) is 15.2 Å². The van der Waals surface area contributed by atoms with Crippen molar-refractivity contribution >= 4 is 11.9 Å². The molecule has 2 rings (SSSR count). The van der Waals surface area contributed by atoms with E-state index in [0.29, 0.717) is 5.95 Å². The van der Waals surface area contributed by atoms with Crippen LogP contribution < -0.4 is 4.90 Å². The molecule has 1 N–H and O–H groups in total. The summed E-state index contributed by atoms with van der Waals surface area (Å²) in [5.41, 5.74) is 1.26. The van der Waals surface area contributed by atoms with Crippen molar-refractivity contribution in [3.63, 3.8) is 0 Å². The van der Waals surface area contributed by atoms with Crippen LogP contribution in [0.5, 0.6) is 0 Å². The second-order valence-electron chi connectivity index (χ2n) is 5.70. The van der Waals surface area contributed by atoms with Gasteiger partial charge in [-0.3, -0.25) is 4.79 Å². The van der Waals surface area contributed by atoms with Crippen LogP contribution in [0.2, 0.25) is 0 Å². The van der Waals surface area contributed by atoms with Crippen molar-refractivity contribution in [2.75, 3.05) is 11.9 Å². The third-order valence-corrected chi connectivity index (χ3v) is 4.36. The zero-order valence-electron chi connectivity index (χ0n) is 12.4. The van der Waals surface area contributed by atoms with Crippen molar-refractivity contribution in [1.82, 2.24) is 15.2 Å². The Morgan fingerprint density at radius 1 is 1.20 bits per heavy atom. The summed E-state index contributed by atoms with van der Waals surface area (Å²) in [7, 11) is 1.89. The highest BCUT2D eigenvalue weighted by Gasteiger charge is 2.39. The molecular weight excluding hydrogens is 256 g/mol. The smallest absolute Gasteiger partial charge is 0.305 e. The first-order valence-corrected chi connectivity index (χ1v) is 7.08. The molecule has 6 heteroatoms. The lowest BCUT2D eigenvalue weighted by molar-refractivity contribution is -0.138. The van der Waals surface area contributed by atoms with Gasteiger partial charge in [-0.25, -0.2) is 4.98 Å². The highest BCUT2D eigenvalue weighted by Crippen LogP contribution is 2.37. The molecule has 1 saturated carbocycles. The van der Waals surface area contributed by atoms with Crippen LogP contribution in [-0.2, 0) is 4.79 Å². The Balaban J connectivity index is 2.31. The first-order chi connectivity index (χ1) is 9.44. The van der Waals surface area contributed by atoms with E-state index < -0.39 is 5.97 Å². The van der Waals surface area contributed by atoms with Gasteiger partial charge in [-0.15, -0.1) is 5.10 Å². The molecule has 6 nitrogen and oxygen atoms in total. The van der Waals surface area contributed by atoms with Crippen molar-refractivity contribution in [3.05, 3.63) is 11.4 Å². The fourth-order valence-electron chi connectivity index (χ4n) is 2.92. The molecule has 0 spiro atoms. The second-order valence-corrected chi connectivity index (χ2v) is 5.70. The van der Waals surface area contributed by atoms with Crippen molar-refractivity contribution in [1.29, 1.82) is 0 Å². The number of nitrogens with zero attached hydrogens (tertiary/aromatic N) is 4. The molecule has 0 aromatic carbocycles. The summed E-state index contributed by atoms with van der Waals surface area (Å²) >= 11 is 0. The Morgan fingerprint density at radius 2 is 1.85 bits per heavy atom. The Bertz CT molecular complexity index is 498. The molecule has 1 aliphatic carbocycles. The van der Waals surface area contributed by atoms with Gasteiger partial charge in [0.25, 0.3) is 0 Å². The molecular formula is C14H22N4O2. The zero-order valence-corrected chi connectivity index (χ0v) is 12.4. The number of aliphatic carboxylic acids is 1. The van der Waals surface area contributed by atoms with E-state index in [9.17, 15) is 9.90 Å². The van der Waals surface area contributed by atoms with Gasteiger partial charge >= 0.3 is 5.97 Å². The number of carboxylic acids is 1. The molecule has 0 bridgehead atoms. The number of anilines is 1. The van der Waals surface area contributed by atoms with Gasteiger partial charge in [-0.2, -0.15) is 5.10 Å². The molecule has 0 atom stereocenters. The summed E-state index contributed by atoms with van der Waals surface area (Å²) in [6, 6.07) is 0. The maximum Gasteiger partial charge on any atom is 0.305 e. The Morgan fingerprint density at radius 3 is 2.40 bits per heavy atom. The number of hydrogen-bond acceptors (Lipinski definition) is 5. The predicted molar refractivity (Wildman–Crippen MR) is 75.8 cm³/mol. The minimum atomic E-state index is -0.768. The molecule has 1 aromatic rings. The molecule has 1 fully saturated rings. The molecule has 1 aromatic heterocycles. The standard InChI is InChI=1S/C14H22N4O2/c1-10-11(2)16-17-13(15-10)18(3)14(9-12(19)20)7-5-4-6-8-14/h4-9H2,1-3H3,(H,19,20). The fraction of sp³-hybridized carbons (Fsp3) is 0.714. The van der Waals surface area contributed by atoms with E-state index in [4.69, 9.17) is 0 Å². The van der Waals surface area contributed by atoms with Gasteiger partial charge in [0.2, 0.25) is 5.95 Å². The fourth-order valence-corrected chi connectivity index (χ4v) is 2.92. The predicted octanol–water partition coefficient (Wildman–Crippen LogP) is 2.10. The monoisotopic (exact) mass is 278 g/mol. The summed E-state index contributed by atoms with van der Waals surface area (Å²) in [5, 5.41) is 17.5. The Kier molecular flexibility index (Phi) is 4.20. The van der Waals surface area contributed by atoms with Gasteiger partial charge in [-0.05, 0) is 26.7 Å². The molecule has 110 valence electrons. The maximum atomic E-state index is 11.2. The summed E-state index contributed by atoms with van der Waals surface area (Å²) in [6.07, 6.45) is 5.13. The van der Waals surface area contributed by atoms with Crippen LogP contribution in [-0.4, -0.2) is 38.8 Å². The molecule has 1 heterocycles. The van der Waals surface area contributed by atoms with E-state index in [-0.39, 0.29) is 12.0 Å². The lowest BCUT2D eigenvalue weighted by Gasteiger charge is -2.43. The van der Waals surface area contributed by atoms with Crippen LogP contribution in [0.25, 0.3) is 0 Å². The zero-order chi connectivity index (χ0) is 14.8. The van der Waals surface area contributed by atoms with Crippen LogP contribution in [0, 0.1) is 13.8 Å². The molecule has 20 heavy (non-hydrogen) atoms. The normalized spacial score (nSPS) is 17.8. The summed E-state index contributed by atoms with van der Waals surface area (Å²) in [6.45, 7) is 3.76. The van der Waals surface area contributed by atoms with E-state index >= 15 is 0 Å². The van der Waals surface area contributed by atoms with Crippen LogP contribution in [0.3, 0.4) is 0 Å². The second kappa shape index (κ2) is 5.73. The van der Waals surface area contributed by atoms with Crippen molar-refractivity contribution in [3.8, 4) is 0 Å². The van der Waals surface area contributed by atoms with Gasteiger partial charge in [0.05, 0.1) is 23.3 Å². The van der Waals surface area contributed by atoms with E-state index in [1.807, 2.05) is 25.8 Å².